The predicted molar refractivity (Wildman–Crippen MR) is 70.0 cm³/mol. The summed E-state index contributed by atoms with van der Waals surface area (Å²) in [7, 11) is 0. The highest BCUT2D eigenvalue weighted by Gasteiger charge is 2.13. The molecule has 3 rings (SSSR count). The predicted octanol–water partition coefficient (Wildman–Crippen LogP) is 3.80. The molecule has 0 unspecified atom stereocenters. The van der Waals surface area contributed by atoms with E-state index in [0.29, 0.717) is 16.9 Å². The molecule has 3 nitrogen and oxygen atoms in total. The second kappa shape index (κ2) is 4.57. The van der Waals surface area contributed by atoms with E-state index in [0.717, 1.165) is 5.39 Å². The average molecular weight is 255 g/mol. The molecular weight excluding hydrogens is 245 g/mol. The number of halogens is 1. The molecule has 0 saturated carbocycles. The first-order valence-electron chi connectivity index (χ1n) is 5.75. The SMILES string of the molecule is O/N=C(\c1ccc(F)cc1)c1cc2ccccc2o1. The largest absolute Gasteiger partial charge is 0.454 e. The smallest absolute Gasteiger partial charge is 0.157 e. The van der Waals surface area contributed by atoms with Gasteiger partial charge < -0.3 is 9.62 Å². The number of hydrogen-bond donors (Lipinski definition) is 1. The van der Waals surface area contributed by atoms with Crippen molar-refractivity contribution in [1.29, 1.82) is 0 Å². The van der Waals surface area contributed by atoms with E-state index >= 15 is 0 Å². The van der Waals surface area contributed by atoms with Crippen LogP contribution in [-0.4, -0.2) is 10.9 Å². The molecule has 1 heterocycles. The van der Waals surface area contributed by atoms with Gasteiger partial charge in [0.2, 0.25) is 0 Å². The number of para-hydroxylation sites is 1. The Morgan fingerprint density at radius 1 is 1.05 bits per heavy atom. The van der Waals surface area contributed by atoms with E-state index in [4.69, 9.17) is 9.62 Å². The number of rotatable bonds is 2. The third-order valence-electron chi connectivity index (χ3n) is 2.88. The molecule has 0 amide bonds. The number of benzene rings is 2. The summed E-state index contributed by atoms with van der Waals surface area (Å²) in [5, 5.41) is 13.3. The van der Waals surface area contributed by atoms with Crippen LogP contribution in [0.5, 0.6) is 0 Å². The van der Waals surface area contributed by atoms with Gasteiger partial charge in [0.15, 0.2) is 11.5 Å². The molecule has 0 aliphatic rings. The van der Waals surface area contributed by atoms with Gasteiger partial charge in [0, 0.05) is 10.9 Å². The summed E-state index contributed by atoms with van der Waals surface area (Å²) in [6.45, 7) is 0. The van der Waals surface area contributed by atoms with Crippen molar-refractivity contribution >= 4 is 16.7 Å². The minimum atomic E-state index is -0.342. The first kappa shape index (κ1) is 11.5. The first-order valence-corrected chi connectivity index (χ1v) is 5.75. The highest BCUT2D eigenvalue weighted by molar-refractivity contribution is 6.12. The summed E-state index contributed by atoms with van der Waals surface area (Å²) < 4.78 is 18.5. The molecule has 0 saturated heterocycles. The molecule has 0 spiro atoms. The maximum absolute atomic E-state index is 12.9. The van der Waals surface area contributed by atoms with Gasteiger partial charge in [-0.15, -0.1) is 0 Å². The summed E-state index contributed by atoms with van der Waals surface area (Å²) >= 11 is 0. The molecule has 94 valence electrons. The fourth-order valence-corrected chi connectivity index (χ4v) is 1.96. The fraction of sp³-hybridized carbons (Fsp3) is 0. The van der Waals surface area contributed by atoms with Gasteiger partial charge in [-0.3, -0.25) is 0 Å². The molecule has 0 radical (unpaired) electrons. The Hall–Kier alpha value is -2.62. The molecule has 0 aliphatic heterocycles. The summed E-state index contributed by atoms with van der Waals surface area (Å²) in [5.74, 6) is 0.0981. The zero-order valence-electron chi connectivity index (χ0n) is 9.88. The van der Waals surface area contributed by atoms with Crippen LogP contribution in [0.2, 0.25) is 0 Å². The fourth-order valence-electron chi connectivity index (χ4n) is 1.96. The van der Waals surface area contributed by atoms with Gasteiger partial charge in [-0.05, 0) is 36.4 Å². The van der Waals surface area contributed by atoms with Crippen LogP contribution in [0.1, 0.15) is 11.3 Å². The zero-order chi connectivity index (χ0) is 13.2. The van der Waals surface area contributed by atoms with Crippen molar-refractivity contribution in [2.75, 3.05) is 0 Å². The highest BCUT2D eigenvalue weighted by atomic mass is 19.1. The molecular formula is C15H10FNO2. The molecule has 0 fully saturated rings. The molecule has 4 heteroatoms. The molecule has 1 N–H and O–H groups in total. The van der Waals surface area contributed by atoms with Crippen molar-refractivity contribution < 1.29 is 14.0 Å². The third kappa shape index (κ3) is 2.08. The van der Waals surface area contributed by atoms with E-state index < -0.39 is 0 Å². The van der Waals surface area contributed by atoms with Crippen LogP contribution in [-0.2, 0) is 0 Å². The van der Waals surface area contributed by atoms with Gasteiger partial charge in [-0.25, -0.2) is 4.39 Å². The van der Waals surface area contributed by atoms with E-state index in [2.05, 4.69) is 5.16 Å². The lowest BCUT2D eigenvalue weighted by Crippen LogP contribution is -2.01. The van der Waals surface area contributed by atoms with Crippen molar-refractivity contribution in [2.45, 2.75) is 0 Å². The van der Waals surface area contributed by atoms with Gasteiger partial charge in [-0.1, -0.05) is 23.4 Å². The van der Waals surface area contributed by atoms with E-state index in [-0.39, 0.29) is 11.5 Å². The Morgan fingerprint density at radius 2 is 1.79 bits per heavy atom. The Kier molecular flexibility index (Phi) is 2.76. The number of furan rings is 1. The van der Waals surface area contributed by atoms with E-state index in [1.165, 1.54) is 24.3 Å². The number of fused-ring (bicyclic) bond motifs is 1. The summed E-state index contributed by atoms with van der Waals surface area (Å²) in [5.41, 5.74) is 1.57. The topological polar surface area (TPSA) is 45.7 Å². The number of hydrogen-bond acceptors (Lipinski definition) is 3. The lowest BCUT2D eigenvalue weighted by molar-refractivity contribution is 0.318. The normalized spacial score (nSPS) is 11.9. The van der Waals surface area contributed by atoms with Gasteiger partial charge >= 0.3 is 0 Å². The zero-order valence-corrected chi connectivity index (χ0v) is 9.88. The molecule has 1 aromatic heterocycles. The quantitative estimate of drug-likeness (QED) is 0.430. The van der Waals surface area contributed by atoms with Crippen LogP contribution in [0, 0.1) is 5.82 Å². The molecule has 0 aliphatic carbocycles. The second-order valence-electron chi connectivity index (χ2n) is 4.10. The third-order valence-corrected chi connectivity index (χ3v) is 2.88. The van der Waals surface area contributed by atoms with Gasteiger partial charge in [0.25, 0.3) is 0 Å². The molecule has 0 atom stereocenters. The van der Waals surface area contributed by atoms with Gasteiger partial charge in [-0.2, -0.15) is 0 Å². The van der Waals surface area contributed by atoms with Crippen molar-refractivity contribution in [3.8, 4) is 0 Å². The van der Waals surface area contributed by atoms with Crippen LogP contribution < -0.4 is 0 Å². The van der Waals surface area contributed by atoms with Gasteiger partial charge in [0.05, 0.1) is 0 Å². The summed E-state index contributed by atoms with van der Waals surface area (Å²) in [4.78, 5) is 0. The number of oxime groups is 1. The van der Waals surface area contributed by atoms with Crippen LogP contribution >= 0.6 is 0 Å². The van der Waals surface area contributed by atoms with Crippen molar-refractivity contribution in [2.24, 2.45) is 5.16 Å². The monoisotopic (exact) mass is 255 g/mol. The highest BCUT2D eigenvalue weighted by Crippen LogP contribution is 2.21. The van der Waals surface area contributed by atoms with E-state index in [1.54, 1.807) is 6.07 Å². The van der Waals surface area contributed by atoms with Crippen LogP contribution in [0.25, 0.3) is 11.0 Å². The standard InChI is InChI=1S/C15H10FNO2/c16-12-7-5-10(6-8-12)15(17-18)14-9-11-3-1-2-4-13(11)19-14/h1-9,18H/b17-15+. The summed E-state index contributed by atoms with van der Waals surface area (Å²) in [6.07, 6.45) is 0. The lowest BCUT2D eigenvalue weighted by atomic mass is 10.1. The minimum absolute atomic E-state index is 0.274. The van der Waals surface area contributed by atoms with E-state index in [1.807, 2.05) is 24.3 Å². The maximum Gasteiger partial charge on any atom is 0.157 e. The molecule has 3 aromatic rings. The van der Waals surface area contributed by atoms with Crippen LogP contribution in [0.15, 0.2) is 64.2 Å². The summed E-state index contributed by atoms with van der Waals surface area (Å²) in [6, 6.07) is 15.0. The van der Waals surface area contributed by atoms with Crippen molar-refractivity contribution in [3.05, 3.63) is 71.7 Å². The van der Waals surface area contributed by atoms with Gasteiger partial charge in [0.1, 0.15) is 11.4 Å². The Labute approximate surface area is 108 Å². The number of nitrogens with zero attached hydrogens (tertiary/aromatic N) is 1. The second-order valence-corrected chi connectivity index (χ2v) is 4.10. The van der Waals surface area contributed by atoms with Crippen LogP contribution in [0.3, 0.4) is 0 Å². The Bertz CT molecular complexity index is 711. The molecule has 2 aromatic carbocycles. The first-order chi connectivity index (χ1) is 9.28. The van der Waals surface area contributed by atoms with E-state index in [9.17, 15) is 4.39 Å². The lowest BCUT2D eigenvalue weighted by Gasteiger charge is -2.00. The average Bonchev–Trinajstić information content (AvgIpc) is 2.85. The molecule has 0 bridgehead atoms. The maximum atomic E-state index is 12.9. The van der Waals surface area contributed by atoms with Crippen molar-refractivity contribution in [1.82, 2.24) is 0 Å². The van der Waals surface area contributed by atoms with Crippen molar-refractivity contribution in [3.63, 3.8) is 0 Å². The minimum Gasteiger partial charge on any atom is -0.454 e. The van der Waals surface area contributed by atoms with Crippen LogP contribution in [0.4, 0.5) is 4.39 Å². The Morgan fingerprint density at radius 3 is 2.47 bits per heavy atom. The molecule has 19 heavy (non-hydrogen) atoms. The Balaban J connectivity index is 2.09.